The van der Waals surface area contributed by atoms with Gasteiger partial charge in [-0.3, -0.25) is 9.59 Å². The normalized spacial score (nSPS) is 11.6. The van der Waals surface area contributed by atoms with Gasteiger partial charge in [-0.25, -0.2) is 13.1 Å². The minimum Gasteiger partial charge on any atom is -0.484 e. The van der Waals surface area contributed by atoms with Crippen LogP contribution in [-0.4, -0.2) is 32.4 Å². The Balaban J connectivity index is 1.89. The van der Waals surface area contributed by atoms with Crippen molar-refractivity contribution in [2.24, 2.45) is 0 Å². The molecule has 0 aliphatic heterocycles. The lowest BCUT2D eigenvalue weighted by atomic mass is 10.1. The Morgan fingerprint density at radius 1 is 0.897 bits per heavy atom. The zero-order chi connectivity index (χ0) is 21.7. The largest absolute Gasteiger partial charge is 0.484 e. The van der Waals surface area contributed by atoms with Crippen LogP contribution in [0.4, 0.5) is 11.4 Å². The van der Waals surface area contributed by atoms with E-state index in [1.54, 1.807) is 45.0 Å². The molecule has 2 rings (SSSR count). The van der Waals surface area contributed by atoms with Crippen molar-refractivity contribution in [3.05, 3.63) is 48.5 Å². The van der Waals surface area contributed by atoms with Gasteiger partial charge in [0.25, 0.3) is 5.91 Å². The summed E-state index contributed by atoms with van der Waals surface area (Å²) in [5.74, 6) is -0.178. The summed E-state index contributed by atoms with van der Waals surface area (Å²) in [6.45, 7) is 6.45. The van der Waals surface area contributed by atoms with Crippen molar-refractivity contribution < 1.29 is 22.7 Å². The molecule has 0 saturated carbocycles. The summed E-state index contributed by atoms with van der Waals surface area (Å²) in [6, 6.07) is 12.5. The lowest BCUT2D eigenvalue weighted by molar-refractivity contribution is -0.118. The second-order valence-electron chi connectivity index (χ2n) is 7.42. The number of ether oxygens (including phenoxy) is 1. The first-order valence-corrected chi connectivity index (χ1v) is 10.4. The number of anilines is 2. The topological polar surface area (TPSA) is 114 Å². The Morgan fingerprint density at radius 2 is 1.41 bits per heavy atom. The van der Waals surface area contributed by atoms with E-state index in [0.29, 0.717) is 17.1 Å². The molecule has 0 aliphatic rings. The lowest BCUT2D eigenvalue weighted by Gasteiger charge is -2.20. The van der Waals surface area contributed by atoms with Crippen LogP contribution in [0.25, 0.3) is 0 Å². The molecule has 8 nitrogen and oxygen atoms in total. The molecule has 3 N–H and O–H groups in total. The minimum absolute atomic E-state index is 0.114. The van der Waals surface area contributed by atoms with Crippen LogP contribution in [0.5, 0.6) is 5.75 Å². The summed E-state index contributed by atoms with van der Waals surface area (Å²) in [6.07, 6.45) is 0. The van der Waals surface area contributed by atoms with Gasteiger partial charge in [-0.15, -0.1) is 0 Å². The van der Waals surface area contributed by atoms with E-state index in [-0.39, 0.29) is 23.3 Å². The highest BCUT2D eigenvalue weighted by Crippen LogP contribution is 2.18. The van der Waals surface area contributed by atoms with Crippen LogP contribution in [0.15, 0.2) is 53.4 Å². The predicted molar refractivity (Wildman–Crippen MR) is 111 cm³/mol. The average Bonchev–Trinajstić information content (AvgIpc) is 2.59. The molecule has 29 heavy (non-hydrogen) atoms. The number of carbonyl (C=O) groups is 2. The first-order valence-electron chi connectivity index (χ1n) is 8.89. The number of rotatable bonds is 7. The number of sulfonamides is 1. The maximum absolute atomic E-state index is 12.3. The summed E-state index contributed by atoms with van der Waals surface area (Å²) in [7, 11) is -3.63. The zero-order valence-corrected chi connectivity index (χ0v) is 17.6. The molecule has 2 aromatic carbocycles. The highest BCUT2D eigenvalue weighted by molar-refractivity contribution is 7.89. The van der Waals surface area contributed by atoms with Crippen molar-refractivity contribution in [2.45, 2.75) is 38.1 Å². The van der Waals surface area contributed by atoms with Gasteiger partial charge >= 0.3 is 0 Å². The van der Waals surface area contributed by atoms with Crippen LogP contribution in [0.2, 0.25) is 0 Å². The summed E-state index contributed by atoms with van der Waals surface area (Å²) in [5, 5.41) is 5.31. The molecule has 156 valence electrons. The van der Waals surface area contributed by atoms with Crippen LogP contribution < -0.4 is 20.1 Å². The number of nitrogens with one attached hydrogen (secondary N) is 3. The van der Waals surface area contributed by atoms with E-state index < -0.39 is 15.6 Å². The van der Waals surface area contributed by atoms with Gasteiger partial charge in [0.05, 0.1) is 4.90 Å². The van der Waals surface area contributed by atoms with Crippen molar-refractivity contribution in [1.29, 1.82) is 0 Å². The summed E-state index contributed by atoms with van der Waals surface area (Å²) >= 11 is 0. The fourth-order valence-electron chi connectivity index (χ4n) is 2.36. The molecule has 2 amide bonds. The minimum atomic E-state index is -3.63. The van der Waals surface area contributed by atoms with Gasteiger partial charge in [0.2, 0.25) is 15.9 Å². The summed E-state index contributed by atoms with van der Waals surface area (Å²) in [5.41, 5.74) is 0.594. The number of benzene rings is 2. The molecule has 0 unspecified atom stereocenters. The smallest absolute Gasteiger partial charge is 0.262 e. The second-order valence-corrected chi connectivity index (χ2v) is 9.10. The van der Waals surface area contributed by atoms with Gasteiger partial charge in [0.1, 0.15) is 5.75 Å². The monoisotopic (exact) mass is 419 g/mol. The van der Waals surface area contributed by atoms with E-state index in [1.165, 1.54) is 31.2 Å². The van der Waals surface area contributed by atoms with Gasteiger partial charge in [-0.1, -0.05) is 0 Å². The van der Waals surface area contributed by atoms with Crippen LogP contribution in [0.3, 0.4) is 0 Å². The number of hydrogen-bond donors (Lipinski definition) is 3. The molecule has 0 spiro atoms. The van der Waals surface area contributed by atoms with Crippen molar-refractivity contribution in [2.75, 3.05) is 17.2 Å². The maximum Gasteiger partial charge on any atom is 0.262 e. The first kappa shape index (κ1) is 22.4. The quantitative estimate of drug-likeness (QED) is 0.639. The second kappa shape index (κ2) is 9.06. The van der Waals surface area contributed by atoms with Crippen LogP contribution in [-0.2, 0) is 19.6 Å². The summed E-state index contributed by atoms with van der Waals surface area (Å²) < 4.78 is 32.5. The van der Waals surface area contributed by atoms with Gasteiger partial charge in [-0.2, -0.15) is 0 Å². The number of hydrogen-bond acceptors (Lipinski definition) is 5. The van der Waals surface area contributed by atoms with E-state index in [1.807, 2.05) is 0 Å². The standard InChI is InChI=1S/C20H25N3O5S/c1-14(24)21-15-5-7-16(8-6-15)22-19(25)13-28-17-9-11-18(12-10-17)29(26,27)23-20(2,3)4/h5-12,23H,13H2,1-4H3,(H,21,24)(H,22,25). The Hall–Kier alpha value is -2.91. The Kier molecular flexibility index (Phi) is 6.99. The van der Waals surface area contributed by atoms with Gasteiger partial charge in [0, 0.05) is 23.8 Å². The van der Waals surface area contributed by atoms with Gasteiger partial charge < -0.3 is 15.4 Å². The van der Waals surface area contributed by atoms with Crippen molar-refractivity contribution in [1.82, 2.24) is 4.72 Å². The molecule has 0 fully saturated rings. The van der Waals surface area contributed by atoms with Gasteiger partial charge in [0.15, 0.2) is 6.61 Å². The van der Waals surface area contributed by atoms with Gasteiger partial charge in [-0.05, 0) is 69.3 Å². The van der Waals surface area contributed by atoms with Crippen LogP contribution in [0.1, 0.15) is 27.7 Å². The van der Waals surface area contributed by atoms with Crippen molar-refractivity contribution >= 4 is 33.2 Å². The fraction of sp³-hybridized carbons (Fsp3) is 0.300. The molecule has 0 radical (unpaired) electrons. The molecule has 0 atom stereocenters. The summed E-state index contributed by atoms with van der Waals surface area (Å²) in [4.78, 5) is 23.1. The molecule has 0 aromatic heterocycles. The highest BCUT2D eigenvalue weighted by atomic mass is 32.2. The Labute approximate surface area is 170 Å². The Bertz CT molecular complexity index is 963. The van der Waals surface area contributed by atoms with E-state index in [2.05, 4.69) is 15.4 Å². The lowest BCUT2D eigenvalue weighted by Crippen LogP contribution is -2.40. The molecule has 0 saturated heterocycles. The predicted octanol–water partition coefficient (Wildman–Crippen LogP) is 2.74. The van der Waals surface area contributed by atoms with E-state index in [4.69, 9.17) is 4.74 Å². The molecule has 9 heteroatoms. The van der Waals surface area contributed by atoms with E-state index in [9.17, 15) is 18.0 Å². The molecular weight excluding hydrogens is 394 g/mol. The zero-order valence-electron chi connectivity index (χ0n) is 16.8. The first-order chi connectivity index (χ1) is 13.4. The van der Waals surface area contributed by atoms with E-state index >= 15 is 0 Å². The van der Waals surface area contributed by atoms with Crippen molar-refractivity contribution in [3.63, 3.8) is 0 Å². The third kappa shape index (κ3) is 7.55. The molecule has 0 aliphatic carbocycles. The SMILES string of the molecule is CC(=O)Nc1ccc(NC(=O)COc2ccc(S(=O)(=O)NC(C)(C)C)cc2)cc1. The molecule has 0 heterocycles. The third-order valence-corrected chi connectivity index (χ3v) is 5.21. The average molecular weight is 420 g/mol. The van der Waals surface area contributed by atoms with Crippen molar-refractivity contribution in [3.8, 4) is 5.75 Å². The van der Waals surface area contributed by atoms with E-state index in [0.717, 1.165) is 0 Å². The van der Waals surface area contributed by atoms with Crippen LogP contribution >= 0.6 is 0 Å². The van der Waals surface area contributed by atoms with Crippen LogP contribution in [0, 0.1) is 0 Å². The number of carbonyl (C=O) groups excluding carboxylic acids is 2. The fourth-order valence-corrected chi connectivity index (χ4v) is 3.78. The number of amides is 2. The molecule has 0 bridgehead atoms. The maximum atomic E-state index is 12.3. The highest BCUT2D eigenvalue weighted by Gasteiger charge is 2.21. The molecule has 2 aromatic rings. The Morgan fingerprint density at radius 3 is 1.90 bits per heavy atom. The molecular formula is C20H25N3O5S. The third-order valence-electron chi connectivity index (χ3n) is 3.43.